The van der Waals surface area contributed by atoms with E-state index in [1.165, 1.54) is 18.3 Å². The maximum atomic E-state index is 12.0. The minimum absolute atomic E-state index is 0.231. The van der Waals surface area contributed by atoms with Gasteiger partial charge in [-0.2, -0.15) is 5.10 Å². The van der Waals surface area contributed by atoms with E-state index in [4.69, 9.17) is 27.9 Å². The number of anilines is 1. The van der Waals surface area contributed by atoms with E-state index in [0.29, 0.717) is 22.1 Å². The Morgan fingerprint density at radius 3 is 2.41 bits per heavy atom. The Labute approximate surface area is 177 Å². The van der Waals surface area contributed by atoms with Crippen LogP contribution in [0.2, 0.25) is 10.0 Å². The van der Waals surface area contributed by atoms with Crippen molar-refractivity contribution in [2.24, 2.45) is 5.10 Å². The number of ether oxygens (including phenoxy) is 1. The van der Waals surface area contributed by atoms with Gasteiger partial charge in [0.25, 0.3) is 0 Å². The first kappa shape index (κ1) is 20.4. The molecule has 0 saturated heterocycles. The summed E-state index contributed by atoms with van der Waals surface area (Å²) in [5, 5.41) is 6.80. The molecule has 146 valence electrons. The van der Waals surface area contributed by atoms with Crippen molar-refractivity contribution >= 4 is 46.9 Å². The number of carbonyl (C=O) groups excluding carboxylic acids is 2. The minimum atomic E-state index is -0.950. The summed E-state index contributed by atoms with van der Waals surface area (Å²) in [6.45, 7) is 0. The molecule has 8 heteroatoms. The fourth-order valence-electron chi connectivity index (χ4n) is 2.27. The van der Waals surface area contributed by atoms with Crippen LogP contribution < -0.4 is 15.5 Å². The van der Waals surface area contributed by atoms with Crippen molar-refractivity contribution in [1.82, 2.24) is 5.43 Å². The Balaban J connectivity index is 1.57. The number of nitrogens with zero attached hydrogens (tertiary/aromatic N) is 1. The van der Waals surface area contributed by atoms with Gasteiger partial charge in [-0.3, -0.25) is 9.59 Å². The van der Waals surface area contributed by atoms with Gasteiger partial charge in [-0.15, -0.1) is 0 Å². The summed E-state index contributed by atoms with van der Waals surface area (Å²) in [6, 6.07) is 21.0. The third-order valence-electron chi connectivity index (χ3n) is 3.60. The van der Waals surface area contributed by atoms with Crippen LogP contribution >= 0.6 is 23.2 Å². The molecule has 0 aliphatic carbocycles. The molecule has 2 amide bonds. The molecule has 0 atom stereocenters. The van der Waals surface area contributed by atoms with Crippen molar-refractivity contribution in [3.05, 3.63) is 88.4 Å². The van der Waals surface area contributed by atoms with Crippen LogP contribution in [0.5, 0.6) is 11.5 Å². The molecular formula is C21H15Cl2N3O3. The molecule has 0 aliphatic heterocycles. The second-order valence-electron chi connectivity index (χ2n) is 5.77. The second kappa shape index (κ2) is 9.73. The van der Waals surface area contributed by atoms with Crippen molar-refractivity contribution in [2.45, 2.75) is 0 Å². The number of para-hydroxylation sites is 1. The summed E-state index contributed by atoms with van der Waals surface area (Å²) < 4.78 is 5.74. The topological polar surface area (TPSA) is 79.8 Å². The molecule has 3 aromatic carbocycles. The molecule has 0 fully saturated rings. The predicted molar refractivity (Wildman–Crippen MR) is 114 cm³/mol. The lowest BCUT2D eigenvalue weighted by Gasteiger charge is -2.07. The van der Waals surface area contributed by atoms with Gasteiger partial charge in [0.15, 0.2) is 0 Å². The highest BCUT2D eigenvalue weighted by Gasteiger charge is 2.14. The zero-order valence-corrected chi connectivity index (χ0v) is 16.4. The fourth-order valence-corrected chi connectivity index (χ4v) is 2.61. The van der Waals surface area contributed by atoms with E-state index in [9.17, 15) is 9.59 Å². The lowest BCUT2D eigenvalue weighted by molar-refractivity contribution is -0.136. The first-order valence-corrected chi connectivity index (χ1v) is 9.19. The molecule has 29 heavy (non-hydrogen) atoms. The molecule has 3 aromatic rings. The molecule has 0 aromatic heterocycles. The lowest BCUT2D eigenvalue weighted by Crippen LogP contribution is -2.32. The third-order valence-corrected chi connectivity index (χ3v) is 4.16. The zero-order valence-electron chi connectivity index (χ0n) is 14.9. The van der Waals surface area contributed by atoms with Crippen LogP contribution in [0.3, 0.4) is 0 Å². The lowest BCUT2D eigenvalue weighted by atomic mass is 10.2. The number of benzene rings is 3. The van der Waals surface area contributed by atoms with Gasteiger partial charge in [0.2, 0.25) is 0 Å². The number of hydrogen-bond donors (Lipinski definition) is 2. The smallest absolute Gasteiger partial charge is 0.329 e. The number of rotatable bonds is 5. The molecule has 0 bridgehead atoms. The quantitative estimate of drug-likeness (QED) is 0.346. The molecular weight excluding hydrogens is 413 g/mol. The Kier molecular flexibility index (Phi) is 6.84. The number of carbonyl (C=O) groups is 2. The summed E-state index contributed by atoms with van der Waals surface area (Å²) in [7, 11) is 0. The van der Waals surface area contributed by atoms with Gasteiger partial charge in [0, 0.05) is 5.02 Å². The first-order valence-electron chi connectivity index (χ1n) is 8.44. The van der Waals surface area contributed by atoms with E-state index in [2.05, 4.69) is 15.8 Å². The first-order chi connectivity index (χ1) is 14.0. The van der Waals surface area contributed by atoms with Crippen molar-refractivity contribution in [3.8, 4) is 11.5 Å². The second-order valence-corrected chi connectivity index (χ2v) is 6.61. The van der Waals surface area contributed by atoms with Crippen LogP contribution in [0.25, 0.3) is 0 Å². The highest BCUT2D eigenvalue weighted by atomic mass is 35.5. The molecule has 6 nitrogen and oxygen atoms in total. The highest BCUT2D eigenvalue weighted by molar-refractivity contribution is 6.42. The van der Waals surface area contributed by atoms with Crippen LogP contribution in [0, 0.1) is 0 Å². The number of halogens is 2. The molecule has 0 unspecified atom stereocenters. The van der Waals surface area contributed by atoms with E-state index in [1.54, 1.807) is 30.3 Å². The molecule has 0 aliphatic rings. The van der Waals surface area contributed by atoms with E-state index in [-0.39, 0.29) is 10.7 Å². The Hall–Kier alpha value is -3.35. The molecule has 0 saturated carbocycles. The van der Waals surface area contributed by atoms with Crippen LogP contribution in [-0.2, 0) is 9.59 Å². The molecule has 3 rings (SSSR count). The molecule has 0 heterocycles. The molecule has 0 radical (unpaired) electrons. The summed E-state index contributed by atoms with van der Waals surface area (Å²) in [6.07, 6.45) is 1.40. The Bertz CT molecular complexity index is 1060. The van der Waals surface area contributed by atoms with Gasteiger partial charge in [-0.1, -0.05) is 53.5 Å². The van der Waals surface area contributed by atoms with E-state index in [1.807, 2.05) is 30.3 Å². The minimum Gasteiger partial charge on any atom is -0.457 e. The van der Waals surface area contributed by atoms with Crippen molar-refractivity contribution < 1.29 is 14.3 Å². The van der Waals surface area contributed by atoms with Crippen molar-refractivity contribution in [3.63, 3.8) is 0 Å². The van der Waals surface area contributed by atoms with Gasteiger partial charge in [-0.05, 0) is 48.0 Å². The highest BCUT2D eigenvalue weighted by Crippen LogP contribution is 2.25. The predicted octanol–water partition coefficient (Wildman–Crippen LogP) is 4.87. The fraction of sp³-hybridized carbons (Fsp3) is 0. The molecule has 0 spiro atoms. The maximum Gasteiger partial charge on any atom is 0.329 e. The van der Waals surface area contributed by atoms with E-state index in [0.717, 1.165) is 0 Å². The monoisotopic (exact) mass is 427 g/mol. The van der Waals surface area contributed by atoms with Crippen LogP contribution in [0.1, 0.15) is 5.56 Å². The standard InChI is InChI=1S/C21H15Cl2N3O3/c22-15-9-10-18(23)19(12-15)25-20(27)21(28)26-24-13-14-5-4-8-17(11-14)29-16-6-2-1-3-7-16/h1-13H,(H,25,27)(H,26,28)/b24-13+. The number of hydrogen-bond acceptors (Lipinski definition) is 4. The normalized spacial score (nSPS) is 10.6. The summed E-state index contributed by atoms with van der Waals surface area (Å²) in [5.41, 5.74) is 3.06. The largest absolute Gasteiger partial charge is 0.457 e. The maximum absolute atomic E-state index is 12.0. The average molecular weight is 428 g/mol. The van der Waals surface area contributed by atoms with Crippen LogP contribution in [-0.4, -0.2) is 18.0 Å². The molecule has 2 N–H and O–H groups in total. The van der Waals surface area contributed by atoms with Gasteiger partial charge < -0.3 is 10.1 Å². The number of nitrogens with one attached hydrogen (secondary N) is 2. The van der Waals surface area contributed by atoms with Crippen molar-refractivity contribution in [2.75, 3.05) is 5.32 Å². The van der Waals surface area contributed by atoms with Crippen LogP contribution in [0.4, 0.5) is 5.69 Å². The van der Waals surface area contributed by atoms with E-state index >= 15 is 0 Å². The zero-order chi connectivity index (χ0) is 20.6. The summed E-state index contributed by atoms with van der Waals surface area (Å²) in [4.78, 5) is 23.9. The summed E-state index contributed by atoms with van der Waals surface area (Å²) >= 11 is 11.8. The Morgan fingerprint density at radius 2 is 1.62 bits per heavy atom. The van der Waals surface area contributed by atoms with Crippen LogP contribution in [0.15, 0.2) is 77.9 Å². The van der Waals surface area contributed by atoms with Gasteiger partial charge in [0.05, 0.1) is 16.9 Å². The van der Waals surface area contributed by atoms with Gasteiger partial charge in [-0.25, -0.2) is 5.43 Å². The average Bonchev–Trinajstić information content (AvgIpc) is 2.71. The van der Waals surface area contributed by atoms with Gasteiger partial charge in [0.1, 0.15) is 11.5 Å². The van der Waals surface area contributed by atoms with Gasteiger partial charge >= 0.3 is 11.8 Å². The van der Waals surface area contributed by atoms with E-state index < -0.39 is 11.8 Å². The number of hydrazone groups is 1. The summed E-state index contributed by atoms with van der Waals surface area (Å²) in [5.74, 6) is -0.562. The SMILES string of the molecule is O=C(N/N=C/c1cccc(Oc2ccccc2)c1)C(=O)Nc1cc(Cl)ccc1Cl. The van der Waals surface area contributed by atoms with Crippen molar-refractivity contribution in [1.29, 1.82) is 0 Å². The number of amides is 2. The third kappa shape index (κ3) is 6.07. The Morgan fingerprint density at radius 1 is 0.862 bits per heavy atom.